The number of carboxylic acid groups (broad SMARTS) is 1. The van der Waals surface area contributed by atoms with Gasteiger partial charge in [-0.15, -0.1) is 0 Å². The van der Waals surface area contributed by atoms with Gasteiger partial charge in [0.05, 0.1) is 0 Å². The highest BCUT2D eigenvalue weighted by Crippen LogP contribution is 2.31. The van der Waals surface area contributed by atoms with Crippen molar-refractivity contribution < 1.29 is 9.90 Å². The number of carboxylic acids is 1. The first-order valence-corrected chi connectivity index (χ1v) is 6.75. The van der Waals surface area contributed by atoms with Crippen molar-refractivity contribution in [1.29, 1.82) is 0 Å². The molecule has 0 bridgehead atoms. The van der Waals surface area contributed by atoms with Gasteiger partial charge in [0.15, 0.2) is 0 Å². The Hall–Kier alpha value is -1.35. The monoisotopic (exact) mass is 247 g/mol. The number of carbonyl (C=O) groups is 1. The van der Waals surface area contributed by atoms with Gasteiger partial charge in [0.2, 0.25) is 0 Å². The molecule has 0 radical (unpaired) electrons. The van der Waals surface area contributed by atoms with Crippen molar-refractivity contribution >= 4 is 5.97 Å². The highest BCUT2D eigenvalue weighted by atomic mass is 16.4. The lowest BCUT2D eigenvalue weighted by atomic mass is 9.77. The van der Waals surface area contributed by atoms with E-state index in [1.165, 1.54) is 5.56 Å². The third kappa shape index (κ3) is 3.10. The number of aryl methyl sites for hydroxylation is 1. The van der Waals surface area contributed by atoms with E-state index in [2.05, 4.69) is 29.6 Å². The van der Waals surface area contributed by atoms with Crippen molar-refractivity contribution in [2.75, 3.05) is 6.54 Å². The molecule has 1 aromatic carbocycles. The van der Waals surface area contributed by atoms with Crippen molar-refractivity contribution in [2.24, 2.45) is 0 Å². The Balaban J connectivity index is 1.63. The molecule has 1 saturated carbocycles. The predicted octanol–water partition coefficient (Wildman–Crippen LogP) is 2.61. The molecule has 0 heterocycles. The SMILES string of the molecule is O=C(O)C1(NCCCCc2ccccc2)CCC1. The molecule has 0 unspecified atom stereocenters. The molecule has 0 saturated heterocycles. The summed E-state index contributed by atoms with van der Waals surface area (Å²) in [6, 6.07) is 10.4. The Morgan fingerprint density at radius 2 is 1.94 bits per heavy atom. The second-order valence-electron chi connectivity index (χ2n) is 5.11. The van der Waals surface area contributed by atoms with Crippen molar-refractivity contribution in [2.45, 2.75) is 44.1 Å². The van der Waals surface area contributed by atoms with Gasteiger partial charge in [-0.05, 0) is 50.6 Å². The summed E-state index contributed by atoms with van der Waals surface area (Å²) in [6.45, 7) is 0.805. The Bertz CT molecular complexity index is 385. The molecule has 0 aromatic heterocycles. The fourth-order valence-corrected chi connectivity index (χ4v) is 2.42. The third-order valence-corrected chi connectivity index (χ3v) is 3.81. The fraction of sp³-hybridized carbons (Fsp3) is 0.533. The molecule has 3 heteroatoms. The van der Waals surface area contributed by atoms with E-state index in [-0.39, 0.29) is 0 Å². The summed E-state index contributed by atoms with van der Waals surface area (Å²) in [5.74, 6) is -0.684. The van der Waals surface area contributed by atoms with Crippen LogP contribution in [0.15, 0.2) is 30.3 Å². The molecule has 1 fully saturated rings. The van der Waals surface area contributed by atoms with E-state index in [9.17, 15) is 4.79 Å². The van der Waals surface area contributed by atoms with Gasteiger partial charge >= 0.3 is 5.97 Å². The van der Waals surface area contributed by atoms with Gasteiger partial charge < -0.3 is 10.4 Å². The summed E-state index contributed by atoms with van der Waals surface area (Å²) < 4.78 is 0. The highest BCUT2D eigenvalue weighted by molar-refractivity contribution is 5.79. The van der Waals surface area contributed by atoms with Crippen LogP contribution >= 0.6 is 0 Å². The number of nitrogens with one attached hydrogen (secondary N) is 1. The molecular weight excluding hydrogens is 226 g/mol. The number of aliphatic carboxylic acids is 1. The average molecular weight is 247 g/mol. The fourth-order valence-electron chi connectivity index (χ4n) is 2.42. The lowest BCUT2D eigenvalue weighted by molar-refractivity contribution is -0.148. The van der Waals surface area contributed by atoms with Gasteiger partial charge in [-0.1, -0.05) is 30.3 Å². The van der Waals surface area contributed by atoms with Crippen molar-refractivity contribution in [1.82, 2.24) is 5.32 Å². The van der Waals surface area contributed by atoms with Gasteiger partial charge in [0.25, 0.3) is 0 Å². The normalized spacial score (nSPS) is 17.1. The predicted molar refractivity (Wildman–Crippen MR) is 71.6 cm³/mol. The van der Waals surface area contributed by atoms with Crippen LogP contribution in [0, 0.1) is 0 Å². The zero-order chi connectivity index (χ0) is 12.8. The highest BCUT2D eigenvalue weighted by Gasteiger charge is 2.43. The summed E-state index contributed by atoms with van der Waals surface area (Å²) in [5.41, 5.74) is 0.751. The van der Waals surface area contributed by atoms with E-state index < -0.39 is 11.5 Å². The maximum atomic E-state index is 11.1. The summed E-state index contributed by atoms with van der Waals surface area (Å²) in [4.78, 5) is 11.1. The number of benzene rings is 1. The lowest BCUT2D eigenvalue weighted by Crippen LogP contribution is -2.57. The molecule has 18 heavy (non-hydrogen) atoms. The summed E-state index contributed by atoms with van der Waals surface area (Å²) >= 11 is 0. The van der Waals surface area contributed by atoms with E-state index >= 15 is 0 Å². The van der Waals surface area contributed by atoms with Crippen LogP contribution in [0.1, 0.15) is 37.7 Å². The van der Waals surface area contributed by atoms with E-state index in [1.807, 2.05) is 6.07 Å². The maximum Gasteiger partial charge on any atom is 0.323 e. The number of hydrogen-bond donors (Lipinski definition) is 2. The summed E-state index contributed by atoms with van der Waals surface area (Å²) in [6.07, 6.45) is 5.80. The summed E-state index contributed by atoms with van der Waals surface area (Å²) in [5, 5.41) is 12.4. The Kier molecular flexibility index (Phi) is 4.37. The first kappa shape index (κ1) is 13.1. The summed E-state index contributed by atoms with van der Waals surface area (Å²) in [7, 11) is 0. The quantitative estimate of drug-likeness (QED) is 0.728. The standard InChI is InChI=1S/C15H21NO2/c17-14(18)15(10-6-11-15)16-12-5-4-9-13-7-2-1-3-8-13/h1-3,7-8,16H,4-6,9-12H2,(H,17,18). The average Bonchev–Trinajstić information content (AvgIpc) is 2.32. The first-order valence-electron chi connectivity index (χ1n) is 6.75. The van der Waals surface area contributed by atoms with Crippen LogP contribution in [0.3, 0.4) is 0 Å². The number of rotatable bonds is 7. The second kappa shape index (κ2) is 6.01. The minimum absolute atomic E-state index is 0.604. The minimum atomic E-state index is -0.684. The molecule has 2 rings (SSSR count). The molecular formula is C15H21NO2. The van der Waals surface area contributed by atoms with Gasteiger partial charge in [0.1, 0.15) is 5.54 Å². The molecule has 0 atom stereocenters. The molecule has 2 N–H and O–H groups in total. The van der Waals surface area contributed by atoms with Crippen molar-refractivity contribution in [3.8, 4) is 0 Å². The van der Waals surface area contributed by atoms with Crippen molar-refractivity contribution in [3.63, 3.8) is 0 Å². The van der Waals surface area contributed by atoms with Crippen molar-refractivity contribution in [3.05, 3.63) is 35.9 Å². The van der Waals surface area contributed by atoms with Gasteiger partial charge in [-0.25, -0.2) is 0 Å². The van der Waals surface area contributed by atoms with E-state index in [1.54, 1.807) is 0 Å². The van der Waals surface area contributed by atoms with Crippen LogP contribution < -0.4 is 5.32 Å². The third-order valence-electron chi connectivity index (χ3n) is 3.81. The molecule has 1 aliphatic carbocycles. The Morgan fingerprint density at radius 3 is 2.50 bits per heavy atom. The number of hydrogen-bond acceptors (Lipinski definition) is 2. The largest absolute Gasteiger partial charge is 0.480 e. The minimum Gasteiger partial charge on any atom is -0.480 e. The van der Waals surface area contributed by atoms with Crippen LogP contribution in [0.25, 0.3) is 0 Å². The molecule has 0 aliphatic heterocycles. The first-order chi connectivity index (χ1) is 8.73. The van der Waals surface area contributed by atoms with Crippen LogP contribution in [0.4, 0.5) is 0 Å². The van der Waals surface area contributed by atoms with Gasteiger partial charge in [-0.2, -0.15) is 0 Å². The topological polar surface area (TPSA) is 49.3 Å². The Labute approximate surface area is 108 Å². The van der Waals surface area contributed by atoms with Crippen LogP contribution in [0.2, 0.25) is 0 Å². The lowest BCUT2D eigenvalue weighted by Gasteiger charge is -2.38. The number of unbranched alkanes of at least 4 members (excludes halogenated alkanes) is 1. The van der Waals surface area contributed by atoms with Crippen LogP contribution in [0.5, 0.6) is 0 Å². The Morgan fingerprint density at radius 1 is 1.22 bits per heavy atom. The molecule has 1 aliphatic rings. The molecule has 3 nitrogen and oxygen atoms in total. The molecule has 0 spiro atoms. The van der Waals surface area contributed by atoms with Gasteiger partial charge in [0, 0.05) is 0 Å². The van der Waals surface area contributed by atoms with Gasteiger partial charge in [-0.3, -0.25) is 4.79 Å². The van der Waals surface area contributed by atoms with Crippen LogP contribution in [-0.4, -0.2) is 23.2 Å². The van der Waals surface area contributed by atoms with Crippen LogP contribution in [-0.2, 0) is 11.2 Å². The molecule has 98 valence electrons. The second-order valence-corrected chi connectivity index (χ2v) is 5.11. The maximum absolute atomic E-state index is 11.1. The molecule has 1 aromatic rings. The zero-order valence-corrected chi connectivity index (χ0v) is 10.7. The smallest absolute Gasteiger partial charge is 0.323 e. The van der Waals surface area contributed by atoms with E-state index in [0.29, 0.717) is 0 Å². The zero-order valence-electron chi connectivity index (χ0n) is 10.7. The van der Waals surface area contributed by atoms with E-state index in [0.717, 1.165) is 45.1 Å². The molecule has 0 amide bonds. The van der Waals surface area contributed by atoms with E-state index in [4.69, 9.17) is 5.11 Å².